The Labute approximate surface area is 416 Å². The first-order valence-electron chi connectivity index (χ1n) is 26.7. The molecule has 0 atom stereocenters. The average Bonchev–Trinajstić information content (AvgIpc) is 3.52. The number of nitrogens with zero attached hydrogens (tertiary/aromatic N) is 3. The Balaban J connectivity index is 0.993. The molecule has 0 N–H and O–H groups in total. The van der Waals surface area contributed by atoms with E-state index < -0.39 is 36.3 Å². The van der Waals surface area contributed by atoms with Crippen LogP contribution in [0.3, 0.4) is 0 Å². The third-order valence-electron chi connectivity index (χ3n) is 13.2. The molecule has 3 heteroatoms. The lowest BCUT2D eigenvalue weighted by Crippen LogP contribution is -2.00. The quantitative estimate of drug-likeness (QED) is 0.153. The Hall–Kier alpha value is -9.31. The topological polar surface area (TPSA) is 38.7 Å². The van der Waals surface area contributed by atoms with Gasteiger partial charge in [0.2, 0.25) is 0 Å². The first-order chi connectivity index (χ1) is 37.6. The van der Waals surface area contributed by atoms with E-state index in [0.29, 0.717) is 34.2 Å². The van der Waals surface area contributed by atoms with Crippen LogP contribution in [0.2, 0.25) is 0 Å². The molecular weight excluding hydrogens is 847 g/mol. The van der Waals surface area contributed by atoms with Gasteiger partial charge in [-0.3, -0.25) is 0 Å². The maximum absolute atomic E-state index is 9.41. The van der Waals surface area contributed by atoms with E-state index in [1.54, 1.807) is 6.07 Å². The zero-order valence-electron chi connectivity index (χ0n) is 44.6. The molecule has 0 spiro atoms. The van der Waals surface area contributed by atoms with Crippen LogP contribution in [0.4, 0.5) is 0 Å². The van der Waals surface area contributed by atoms with Crippen molar-refractivity contribution in [2.24, 2.45) is 0 Å². The minimum atomic E-state index is -0.512. The Morgan fingerprint density at radius 3 is 1.36 bits per heavy atom. The molecule has 0 bridgehead atoms. The molecule has 0 aliphatic rings. The first-order valence-corrected chi connectivity index (χ1v) is 23.2. The zero-order chi connectivity index (χ0) is 52.5. The summed E-state index contributed by atoms with van der Waals surface area (Å²) in [5, 5.41) is 6.54. The maximum atomic E-state index is 9.41. The van der Waals surface area contributed by atoms with E-state index in [-0.39, 0.29) is 22.4 Å². The van der Waals surface area contributed by atoms with Crippen LogP contribution in [0, 0.1) is 0 Å². The van der Waals surface area contributed by atoms with E-state index in [9.17, 15) is 2.74 Å². The maximum Gasteiger partial charge on any atom is 0.164 e. The zero-order valence-corrected chi connectivity index (χ0v) is 37.6. The van der Waals surface area contributed by atoms with Gasteiger partial charge in [0.25, 0.3) is 0 Å². The molecule has 0 aliphatic carbocycles. The standard InChI is InChI=1S/C67H43N3/c1-3-15-46(16-4-1)62-26-12-22-48-23-13-27-63(64(48)62)47-29-31-50(32-30-47)66-68-65(49-18-5-2-6-19-49)69-67(70-66)59-42-57(41-58(43-59)61-25-11-21-45-17-9-10-24-60(45)61)56-37-36-54-39-53(34-35-55(54)40-56)52-33-28-44-14-7-8-20-51(44)38-52/h1-43H/i9D,10D,11D,17D,21D,24D,25D. The molecule has 0 saturated heterocycles. The van der Waals surface area contributed by atoms with E-state index in [2.05, 4.69) is 133 Å². The molecule has 12 aromatic carbocycles. The predicted octanol–water partition coefficient (Wildman–Crippen LogP) is 17.8. The lowest BCUT2D eigenvalue weighted by atomic mass is 9.91. The number of hydrogen-bond acceptors (Lipinski definition) is 3. The molecule has 70 heavy (non-hydrogen) atoms. The molecule has 326 valence electrons. The molecule has 0 radical (unpaired) electrons. The molecule has 0 aliphatic heterocycles. The van der Waals surface area contributed by atoms with E-state index in [0.717, 1.165) is 71.6 Å². The molecule has 0 fully saturated rings. The summed E-state index contributed by atoms with van der Waals surface area (Å²) in [6.45, 7) is 0. The SMILES string of the molecule is [2H]c1c([2H])c([2H])c2c(-c3cc(-c4ccc5cc(-c6ccc7ccccc7c6)ccc5c4)cc(-c4nc(-c5ccccc5)nc(-c5ccc(-c6cccc7cccc(-c8ccccc8)c67)cc5)n4)c3)c([2H])c([2H])c([2H])c2c1[2H]. The van der Waals surface area contributed by atoms with Crippen LogP contribution in [0.1, 0.15) is 9.60 Å². The van der Waals surface area contributed by atoms with Crippen LogP contribution in [0.25, 0.3) is 133 Å². The minimum Gasteiger partial charge on any atom is -0.208 e. The van der Waals surface area contributed by atoms with Gasteiger partial charge in [-0.2, -0.15) is 0 Å². The first kappa shape index (κ1) is 34.0. The second-order valence-corrected chi connectivity index (χ2v) is 17.5. The van der Waals surface area contributed by atoms with E-state index >= 15 is 0 Å². The molecule has 0 unspecified atom stereocenters. The summed E-state index contributed by atoms with van der Waals surface area (Å²) in [5.41, 5.74) is 10.7. The Kier molecular flexibility index (Phi) is 8.47. The Morgan fingerprint density at radius 1 is 0.243 bits per heavy atom. The molecule has 0 amide bonds. The van der Waals surface area contributed by atoms with Crippen molar-refractivity contribution < 1.29 is 9.60 Å². The summed E-state index contributed by atoms with van der Waals surface area (Å²) in [5.74, 6) is 1.18. The lowest BCUT2D eigenvalue weighted by molar-refractivity contribution is 1.07. The fourth-order valence-electron chi connectivity index (χ4n) is 9.66. The second-order valence-electron chi connectivity index (χ2n) is 17.5. The van der Waals surface area contributed by atoms with Gasteiger partial charge < -0.3 is 0 Å². The summed E-state index contributed by atoms with van der Waals surface area (Å²) in [6, 6.07) is 71.2. The summed E-state index contributed by atoms with van der Waals surface area (Å²) in [6.07, 6.45) is 0. The highest BCUT2D eigenvalue weighted by molar-refractivity contribution is 6.06. The smallest absolute Gasteiger partial charge is 0.164 e. The number of aromatic nitrogens is 3. The van der Waals surface area contributed by atoms with Gasteiger partial charge in [0.1, 0.15) is 0 Å². The van der Waals surface area contributed by atoms with Crippen molar-refractivity contribution in [3.8, 4) is 89.8 Å². The number of hydrogen-bond donors (Lipinski definition) is 0. The van der Waals surface area contributed by atoms with Gasteiger partial charge >= 0.3 is 0 Å². The van der Waals surface area contributed by atoms with Crippen LogP contribution in [0.15, 0.2) is 261 Å². The van der Waals surface area contributed by atoms with Crippen LogP contribution >= 0.6 is 0 Å². The lowest BCUT2D eigenvalue weighted by Gasteiger charge is -2.15. The highest BCUT2D eigenvalue weighted by atomic mass is 15.0. The number of rotatable bonds is 8. The van der Waals surface area contributed by atoms with Crippen LogP contribution < -0.4 is 0 Å². The van der Waals surface area contributed by atoms with Crippen LogP contribution in [0.5, 0.6) is 0 Å². The predicted molar refractivity (Wildman–Crippen MR) is 293 cm³/mol. The Bertz CT molecular complexity index is 4510. The van der Waals surface area contributed by atoms with Crippen LogP contribution in [-0.2, 0) is 0 Å². The van der Waals surface area contributed by atoms with Crippen molar-refractivity contribution in [1.82, 2.24) is 15.0 Å². The summed E-state index contributed by atoms with van der Waals surface area (Å²) in [7, 11) is 0. The summed E-state index contributed by atoms with van der Waals surface area (Å²) < 4.78 is 62.6. The van der Waals surface area contributed by atoms with Crippen molar-refractivity contribution in [3.05, 3.63) is 261 Å². The third kappa shape index (κ3) is 7.66. The third-order valence-corrected chi connectivity index (χ3v) is 13.2. The van der Waals surface area contributed by atoms with Crippen LogP contribution in [-0.4, -0.2) is 15.0 Å². The highest BCUT2D eigenvalue weighted by Gasteiger charge is 2.17. The molecule has 3 nitrogen and oxygen atoms in total. The molecule has 1 aromatic heterocycles. The van der Waals surface area contributed by atoms with Gasteiger partial charge in [0.15, 0.2) is 17.5 Å². The Morgan fingerprint density at radius 2 is 0.686 bits per heavy atom. The van der Waals surface area contributed by atoms with E-state index in [1.807, 2.05) is 78.9 Å². The number of benzene rings is 12. The molecule has 13 aromatic rings. The van der Waals surface area contributed by atoms with Crippen molar-refractivity contribution in [2.45, 2.75) is 0 Å². The van der Waals surface area contributed by atoms with Gasteiger partial charge in [-0.25, -0.2) is 15.0 Å². The minimum absolute atomic E-state index is 0.00619. The second kappa shape index (κ2) is 17.4. The van der Waals surface area contributed by atoms with Crippen molar-refractivity contribution >= 4 is 43.1 Å². The molecule has 1 heterocycles. The van der Waals surface area contributed by atoms with Crippen molar-refractivity contribution in [3.63, 3.8) is 0 Å². The molecule has 0 saturated carbocycles. The fourth-order valence-corrected chi connectivity index (χ4v) is 9.66. The number of fused-ring (bicyclic) bond motifs is 4. The van der Waals surface area contributed by atoms with Gasteiger partial charge in [0.05, 0.1) is 9.60 Å². The van der Waals surface area contributed by atoms with Gasteiger partial charge in [0, 0.05) is 16.7 Å². The normalized spacial score (nSPS) is 12.8. The van der Waals surface area contributed by atoms with Gasteiger partial charge in [-0.1, -0.05) is 224 Å². The molecular formula is C67H43N3. The largest absolute Gasteiger partial charge is 0.208 e. The highest BCUT2D eigenvalue weighted by Crippen LogP contribution is 2.40. The van der Waals surface area contributed by atoms with Crippen molar-refractivity contribution in [2.75, 3.05) is 0 Å². The monoisotopic (exact) mass is 896 g/mol. The molecule has 13 rings (SSSR count). The van der Waals surface area contributed by atoms with E-state index in [4.69, 9.17) is 21.8 Å². The summed E-state index contributed by atoms with van der Waals surface area (Å²) in [4.78, 5) is 15.4. The van der Waals surface area contributed by atoms with Crippen molar-refractivity contribution in [1.29, 1.82) is 0 Å². The average molecular weight is 897 g/mol. The summed E-state index contributed by atoms with van der Waals surface area (Å²) >= 11 is 0. The van der Waals surface area contributed by atoms with Gasteiger partial charge in [-0.15, -0.1) is 0 Å². The van der Waals surface area contributed by atoms with Gasteiger partial charge in [-0.05, 0) is 135 Å². The fraction of sp³-hybridized carbons (Fsp3) is 0. The van der Waals surface area contributed by atoms with E-state index in [1.165, 1.54) is 10.8 Å².